The Morgan fingerprint density at radius 3 is 2.47 bits per heavy atom. The number of nitrogens with zero attached hydrogens (tertiary/aromatic N) is 1. The molecule has 0 aromatic carbocycles. The highest BCUT2D eigenvalue weighted by molar-refractivity contribution is 5.78. The molecule has 0 aromatic heterocycles. The van der Waals surface area contributed by atoms with Gasteiger partial charge in [0.15, 0.2) is 0 Å². The quantitative estimate of drug-likeness (QED) is 0.765. The fourth-order valence-corrected chi connectivity index (χ4v) is 2.59. The molecule has 0 spiro atoms. The van der Waals surface area contributed by atoms with Crippen LogP contribution in [0.5, 0.6) is 0 Å². The summed E-state index contributed by atoms with van der Waals surface area (Å²) in [5.74, 6) is -1.37. The molecule has 0 unspecified atom stereocenters. The second-order valence-electron chi connectivity index (χ2n) is 6.04. The summed E-state index contributed by atoms with van der Waals surface area (Å²) in [7, 11) is 1.70. The number of amides is 1. The number of hydrogen-bond acceptors (Lipinski definition) is 1. The van der Waals surface area contributed by atoms with Gasteiger partial charge in [-0.2, -0.15) is 13.2 Å². The molecular formula is C14H24F3NO. The molecule has 0 aromatic rings. The maximum atomic E-state index is 12.7. The van der Waals surface area contributed by atoms with Crippen LogP contribution in [0.15, 0.2) is 0 Å². The van der Waals surface area contributed by atoms with Crippen molar-refractivity contribution in [3.8, 4) is 0 Å². The van der Waals surface area contributed by atoms with Gasteiger partial charge in [0.05, 0.1) is 5.92 Å². The van der Waals surface area contributed by atoms with Crippen molar-refractivity contribution < 1.29 is 18.0 Å². The first kappa shape index (κ1) is 16.3. The average molecular weight is 279 g/mol. The normalized spacial score (nSPS) is 24.6. The van der Waals surface area contributed by atoms with Gasteiger partial charge in [-0.15, -0.1) is 0 Å². The lowest BCUT2D eigenvalue weighted by Crippen LogP contribution is -2.39. The minimum Gasteiger partial charge on any atom is -0.346 e. The van der Waals surface area contributed by atoms with E-state index in [-0.39, 0.29) is 18.7 Å². The molecule has 0 heterocycles. The Hall–Kier alpha value is -0.740. The molecule has 5 heteroatoms. The van der Waals surface area contributed by atoms with Crippen molar-refractivity contribution in [2.24, 2.45) is 17.8 Å². The molecule has 1 amide bonds. The fourth-order valence-electron chi connectivity index (χ4n) is 2.59. The molecule has 0 radical (unpaired) electrons. The van der Waals surface area contributed by atoms with Crippen LogP contribution in [0.25, 0.3) is 0 Å². The van der Waals surface area contributed by atoms with Crippen LogP contribution in [0.2, 0.25) is 0 Å². The summed E-state index contributed by atoms with van der Waals surface area (Å²) in [6, 6.07) is 0. The summed E-state index contributed by atoms with van der Waals surface area (Å²) < 4.78 is 38.1. The second-order valence-corrected chi connectivity index (χ2v) is 6.04. The third-order valence-corrected chi connectivity index (χ3v) is 3.90. The molecule has 1 fully saturated rings. The van der Waals surface area contributed by atoms with Crippen LogP contribution < -0.4 is 0 Å². The number of alkyl halides is 3. The number of halogens is 3. The molecule has 1 aliphatic carbocycles. The predicted molar refractivity (Wildman–Crippen MR) is 68.6 cm³/mol. The summed E-state index contributed by atoms with van der Waals surface area (Å²) in [6.45, 7) is 4.76. The van der Waals surface area contributed by atoms with Crippen molar-refractivity contribution >= 4 is 5.91 Å². The zero-order valence-corrected chi connectivity index (χ0v) is 12.0. The number of hydrogen-bond donors (Lipinski definition) is 0. The zero-order chi connectivity index (χ0) is 14.6. The van der Waals surface area contributed by atoms with E-state index in [9.17, 15) is 18.0 Å². The zero-order valence-electron chi connectivity index (χ0n) is 12.0. The van der Waals surface area contributed by atoms with Gasteiger partial charge in [0.1, 0.15) is 0 Å². The highest BCUT2D eigenvalue weighted by atomic mass is 19.4. The van der Waals surface area contributed by atoms with Crippen molar-refractivity contribution in [2.45, 2.75) is 52.1 Å². The fraction of sp³-hybridized carbons (Fsp3) is 0.929. The van der Waals surface area contributed by atoms with Gasteiger partial charge in [-0.1, -0.05) is 20.3 Å². The largest absolute Gasteiger partial charge is 0.391 e. The van der Waals surface area contributed by atoms with Crippen molar-refractivity contribution in [3.05, 3.63) is 0 Å². The SMILES string of the molecule is CC(C)CCN(C)C(=O)[C@H]1CCC[C@@H](C(F)(F)F)C1. The van der Waals surface area contributed by atoms with Gasteiger partial charge < -0.3 is 4.90 Å². The van der Waals surface area contributed by atoms with E-state index in [1.54, 1.807) is 11.9 Å². The van der Waals surface area contributed by atoms with Crippen LogP contribution >= 0.6 is 0 Å². The number of carbonyl (C=O) groups is 1. The first-order chi connectivity index (χ1) is 8.71. The molecule has 0 aliphatic heterocycles. The Bertz CT molecular complexity index is 302. The van der Waals surface area contributed by atoms with Crippen molar-refractivity contribution in [1.29, 1.82) is 0 Å². The number of rotatable bonds is 4. The lowest BCUT2D eigenvalue weighted by Gasteiger charge is -2.32. The lowest BCUT2D eigenvalue weighted by atomic mass is 9.80. The Morgan fingerprint density at radius 1 is 1.32 bits per heavy atom. The molecule has 1 rings (SSSR count). The first-order valence-corrected chi connectivity index (χ1v) is 7.03. The smallest absolute Gasteiger partial charge is 0.346 e. The molecule has 2 nitrogen and oxygen atoms in total. The minimum atomic E-state index is -4.16. The third-order valence-electron chi connectivity index (χ3n) is 3.90. The maximum absolute atomic E-state index is 12.7. The highest BCUT2D eigenvalue weighted by Gasteiger charge is 2.43. The van der Waals surface area contributed by atoms with Gasteiger partial charge in [0, 0.05) is 19.5 Å². The van der Waals surface area contributed by atoms with Gasteiger partial charge in [0.25, 0.3) is 0 Å². The molecule has 1 saturated carbocycles. The van der Waals surface area contributed by atoms with E-state index in [0.717, 1.165) is 6.42 Å². The molecule has 1 aliphatic rings. The molecule has 0 saturated heterocycles. The summed E-state index contributed by atoms with van der Waals surface area (Å²) in [4.78, 5) is 13.7. The standard InChI is InChI=1S/C14H24F3NO/c1-10(2)7-8-18(3)13(19)11-5-4-6-12(9-11)14(15,16)17/h10-12H,4-9H2,1-3H3/t11-,12+/m0/s1. The van der Waals surface area contributed by atoms with Gasteiger partial charge in [-0.05, 0) is 31.6 Å². The molecular weight excluding hydrogens is 255 g/mol. The van der Waals surface area contributed by atoms with Crippen LogP contribution in [0, 0.1) is 17.8 Å². The van der Waals surface area contributed by atoms with Gasteiger partial charge in [0.2, 0.25) is 5.91 Å². The lowest BCUT2D eigenvalue weighted by molar-refractivity contribution is -0.187. The van der Waals surface area contributed by atoms with Gasteiger partial charge in [-0.3, -0.25) is 4.79 Å². The molecule has 2 atom stereocenters. The maximum Gasteiger partial charge on any atom is 0.391 e. The summed E-state index contributed by atoms with van der Waals surface area (Å²) in [5, 5.41) is 0. The molecule has 0 N–H and O–H groups in total. The van der Waals surface area contributed by atoms with Crippen LogP contribution in [0.1, 0.15) is 46.0 Å². The Balaban J connectivity index is 2.52. The van der Waals surface area contributed by atoms with Crippen LogP contribution in [0.3, 0.4) is 0 Å². The molecule has 112 valence electrons. The van der Waals surface area contributed by atoms with E-state index in [1.807, 2.05) is 0 Å². The average Bonchev–Trinajstić information content (AvgIpc) is 2.34. The summed E-state index contributed by atoms with van der Waals surface area (Å²) in [5.41, 5.74) is 0. The van der Waals surface area contributed by atoms with Crippen LogP contribution in [-0.2, 0) is 4.79 Å². The monoisotopic (exact) mass is 279 g/mol. The molecule has 0 bridgehead atoms. The second kappa shape index (κ2) is 6.62. The van der Waals surface area contributed by atoms with Crippen molar-refractivity contribution in [2.75, 3.05) is 13.6 Å². The van der Waals surface area contributed by atoms with Gasteiger partial charge >= 0.3 is 6.18 Å². The topological polar surface area (TPSA) is 20.3 Å². The van der Waals surface area contributed by atoms with Crippen LogP contribution in [0.4, 0.5) is 13.2 Å². The minimum absolute atomic E-state index is 0.0334. The van der Waals surface area contributed by atoms with E-state index < -0.39 is 18.0 Å². The Labute approximate surface area is 113 Å². The first-order valence-electron chi connectivity index (χ1n) is 7.03. The Morgan fingerprint density at radius 2 is 1.95 bits per heavy atom. The van der Waals surface area contributed by atoms with E-state index in [2.05, 4.69) is 13.8 Å². The van der Waals surface area contributed by atoms with Crippen LogP contribution in [-0.4, -0.2) is 30.6 Å². The predicted octanol–water partition coefficient (Wildman–Crippen LogP) is 3.86. The van der Waals surface area contributed by atoms with Crippen molar-refractivity contribution in [3.63, 3.8) is 0 Å². The Kier molecular flexibility index (Phi) is 5.68. The summed E-state index contributed by atoms with van der Waals surface area (Å²) in [6.07, 6.45) is -2.04. The van der Waals surface area contributed by atoms with E-state index in [0.29, 0.717) is 25.3 Å². The third kappa shape index (κ3) is 5.03. The summed E-state index contributed by atoms with van der Waals surface area (Å²) >= 11 is 0. The van der Waals surface area contributed by atoms with E-state index in [4.69, 9.17) is 0 Å². The van der Waals surface area contributed by atoms with Gasteiger partial charge in [-0.25, -0.2) is 0 Å². The number of carbonyl (C=O) groups excluding carboxylic acids is 1. The highest BCUT2D eigenvalue weighted by Crippen LogP contribution is 2.40. The molecule has 19 heavy (non-hydrogen) atoms. The van der Waals surface area contributed by atoms with E-state index in [1.165, 1.54) is 0 Å². The van der Waals surface area contributed by atoms with Crippen molar-refractivity contribution in [1.82, 2.24) is 4.90 Å². The van der Waals surface area contributed by atoms with E-state index >= 15 is 0 Å².